The van der Waals surface area contributed by atoms with E-state index in [1.807, 2.05) is 11.3 Å². The molecular formula is C14H25NOS. The van der Waals surface area contributed by atoms with Crippen LogP contribution in [0.15, 0.2) is 12.1 Å². The Bertz CT molecular complexity index is 278. The first-order valence-corrected chi connectivity index (χ1v) is 7.25. The highest BCUT2D eigenvalue weighted by atomic mass is 32.1. The molecule has 1 aromatic rings. The maximum absolute atomic E-state index is 5.63. The van der Waals surface area contributed by atoms with Crippen molar-refractivity contribution in [2.24, 2.45) is 11.8 Å². The highest BCUT2D eigenvalue weighted by Gasteiger charge is 2.02. The van der Waals surface area contributed by atoms with Gasteiger partial charge in [-0.1, -0.05) is 27.7 Å². The molecule has 0 aliphatic rings. The summed E-state index contributed by atoms with van der Waals surface area (Å²) >= 11 is 1.85. The van der Waals surface area contributed by atoms with E-state index in [4.69, 9.17) is 4.74 Å². The molecule has 0 atom stereocenters. The summed E-state index contributed by atoms with van der Waals surface area (Å²) in [6, 6.07) is 4.38. The fraction of sp³-hybridized carbons (Fsp3) is 0.714. The molecule has 1 aromatic heterocycles. The minimum atomic E-state index is 0.613. The van der Waals surface area contributed by atoms with Gasteiger partial charge in [0.2, 0.25) is 0 Å². The highest BCUT2D eigenvalue weighted by molar-refractivity contribution is 7.11. The third-order valence-electron chi connectivity index (χ3n) is 2.26. The molecule has 0 unspecified atom stereocenters. The van der Waals surface area contributed by atoms with Gasteiger partial charge in [0.1, 0.15) is 0 Å². The molecule has 1 heterocycles. The van der Waals surface area contributed by atoms with Gasteiger partial charge in [-0.3, -0.25) is 0 Å². The van der Waals surface area contributed by atoms with E-state index in [2.05, 4.69) is 45.1 Å². The zero-order valence-electron chi connectivity index (χ0n) is 11.5. The van der Waals surface area contributed by atoms with E-state index in [-0.39, 0.29) is 0 Å². The number of rotatable bonds is 8. The molecular weight excluding hydrogens is 230 g/mol. The van der Waals surface area contributed by atoms with Gasteiger partial charge in [0.25, 0.3) is 0 Å². The van der Waals surface area contributed by atoms with E-state index < -0.39 is 0 Å². The lowest BCUT2D eigenvalue weighted by atomic mass is 10.2. The zero-order chi connectivity index (χ0) is 12.7. The number of thiophene rings is 1. The van der Waals surface area contributed by atoms with E-state index in [1.165, 1.54) is 9.75 Å². The average molecular weight is 255 g/mol. The number of nitrogens with one attached hydrogen (secondary N) is 1. The first kappa shape index (κ1) is 14.7. The maximum Gasteiger partial charge on any atom is 0.0809 e. The van der Waals surface area contributed by atoms with Crippen LogP contribution in [0.1, 0.15) is 37.4 Å². The summed E-state index contributed by atoms with van der Waals surface area (Å²) in [6.45, 7) is 12.5. The van der Waals surface area contributed by atoms with Crippen LogP contribution >= 0.6 is 11.3 Å². The molecule has 0 amide bonds. The van der Waals surface area contributed by atoms with Gasteiger partial charge >= 0.3 is 0 Å². The summed E-state index contributed by atoms with van der Waals surface area (Å²) in [4.78, 5) is 2.72. The van der Waals surface area contributed by atoms with Gasteiger partial charge < -0.3 is 10.1 Å². The van der Waals surface area contributed by atoms with Crippen LogP contribution in [0.4, 0.5) is 0 Å². The third-order valence-corrected chi connectivity index (χ3v) is 3.32. The maximum atomic E-state index is 5.63. The van der Waals surface area contributed by atoms with Crippen molar-refractivity contribution in [3.05, 3.63) is 21.9 Å². The highest BCUT2D eigenvalue weighted by Crippen LogP contribution is 2.17. The monoisotopic (exact) mass is 255 g/mol. The SMILES string of the molecule is CC(C)CNCc1ccc(COCC(C)C)s1. The van der Waals surface area contributed by atoms with Crippen molar-refractivity contribution >= 4 is 11.3 Å². The Hall–Kier alpha value is -0.380. The Morgan fingerprint density at radius 1 is 1.12 bits per heavy atom. The largest absolute Gasteiger partial charge is 0.376 e. The minimum absolute atomic E-state index is 0.613. The molecule has 17 heavy (non-hydrogen) atoms. The molecule has 0 saturated heterocycles. The molecule has 0 aliphatic carbocycles. The fourth-order valence-corrected chi connectivity index (χ4v) is 2.40. The molecule has 0 radical (unpaired) electrons. The molecule has 0 bridgehead atoms. The van der Waals surface area contributed by atoms with Crippen molar-refractivity contribution < 1.29 is 4.74 Å². The molecule has 0 saturated carbocycles. The van der Waals surface area contributed by atoms with Crippen molar-refractivity contribution in [3.63, 3.8) is 0 Å². The zero-order valence-corrected chi connectivity index (χ0v) is 12.3. The topological polar surface area (TPSA) is 21.3 Å². The molecule has 0 fully saturated rings. The molecule has 0 aliphatic heterocycles. The third kappa shape index (κ3) is 6.81. The van der Waals surface area contributed by atoms with E-state index in [0.29, 0.717) is 11.8 Å². The summed E-state index contributed by atoms with van der Waals surface area (Å²) in [5.41, 5.74) is 0. The molecule has 0 spiro atoms. The van der Waals surface area contributed by atoms with Crippen molar-refractivity contribution in [1.29, 1.82) is 0 Å². The standard InChI is InChI=1S/C14H25NOS/c1-11(2)7-15-8-13-5-6-14(17-13)10-16-9-12(3)4/h5-6,11-12,15H,7-10H2,1-4H3. The lowest BCUT2D eigenvalue weighted by molar-refractivity contribution is 0.0989. The smallest absolute Gasteiger partial charge is 0.0809 e. The normalized spacial score (nSPS) is 11.6. The molecule has 0 aromatic carbocycles. The quantitative estimate of drug-likeness (QED) is 0.765. The van der Waals surface area contributed by atoms with Crippen LogP contribution < -0.4 is 5.32 Å². The Morgan fingerprint density at radius 2 is 1.82 bits per heavy atom. The average Bonchev–Trinajstić information content (AvgIpc) is 2.65. The molecule has 2 nitrogen and oxygen atoms in total. The molecule has 1 N–H and O–H groups in total. The van der Waals surface area contributed by atoms with Crippen LogP contribution in [0.25, 0.3) is 0 Å². The van der Waals surface area contributed by atoms with E-state index in [1.54, 1.807) is 0 Å². The first-order chi connectivity index (χ1) is 8.08. The lowest BCUT2D eigenvalue weighted by Gasteiger charge is -2.06. The van der Waals surface area contributed by atoms with Crippen molar-refractivity contribution in [3.8, 4) is 0 Å². The van der Waals surface area contributed by atoms with Crippen LogP contribution in [0.5, 0.6) is 0 Å². The predicted octanol–water partition coefficient (Wildman–Crippen LogP) is 3.67. The second-order valence-electron chi connectivity index (χ2n) is 5.30. The first-order valence-electron chi connectivity index (χ1n) is 6.44. The van der Waals surface area contributed by atoms with Crippen LogP contribution in [-0.2, 0) is 17.9 Å². The summed E-state index contributed by atoms with van der Waals surface area (Å²) < 4.78 is 5.63. The Balaban J connectivity index is 2.23. The van der Waals surface area contributed by atoms with Gasteiger partial charge in [-0.2, -0.15) is 0 Å². The predicted molar refractivity (Wildman–Crippen MR) is 75.4 cm³/mol. The Labute approximate surface area is 109 Å². The Morgan fingerprint density at radius 3 is 2.47 bits per heavy atom. The van der Waals surface area contributed by atoms with Gasteiger partial charge in [0.05, 0.1) is 6.61 Å². The van der Waals surface area contributed by atoms with Crippen LogP contribution in [-0.4, -0.2) is 13.2 Å². The van der Waals surface area contributed by atoms with E-state index in [9.17, 15) is 0 Å². The van der Waals surface area contributed by atoms with Crippen LogP contribution in [0.3, 0.4) is 0 Å². The summed E-state index contributed by atoms with van der Waals surface area (Å²) in [5, 5.41) is 3.46. The van der Waals surface area contributed by atoms with Crippen molar-refractivity contribution in [2.45, 2.75) is 40.8 Å². The van der Waals surface area contributed by atoms with Gasteiger partial charge in [-0.25, -0.2) is 0 Å². The van der Waals surface area contributed by atoms with Crippen molar-refractivity contribution in [1.82, 2.24) is 5.32 Å². The molecule has 1 rings (SSSR count). The number of hydrogen-bond acceptors (Lipinski definition) is 3. The van der Waals surface area contributed by atoms with E-state index in [0.717, 1.165) is 26.3 Å². The minimum Gasteiger partial charge on any atom is -0.376 e. The second-order valence-corrected chi connectivity index (χ2v) is 6.55. The summed E-state index contributed by atoms with van der Waals surface area (Å²) in [5.74, 6) is 1.32. The van der Waals surface area contributed by atoms with Gasteiger partial charge in [-0.05, 0) is 30.5 Å². The second kappa shape index (κ2) is 7.85. The fourth-order valence-electron chi connectivity index (χ4n) is 1.47. The molecule has 3 heteroatoms. The molecule has 98 valence electrons. The summed E-state index contributed by atoms with van der Waals surface area (Å²) in [7, 11) is 0. The van der Waals surface area contributed by atoms with E-state index >= 15 is 0 Å². The Kier molecular flexibility index (Phi) is 6.78. The van der Waals surface area contributed by atoms with Crippen LogP contribution in [0.2, 0.25) is 0 Å². The number of hydrogen-bond donors (Lipinski definition) is 1. The number of ether oxygens (including phenoxy) is 1. The van der Waals surface area contributed by atoms with Crippen LogP contribution in [0, 0.1) is 11.8 Å². The lowest BCUT2D eigenvalue weighted by Crippen LogP contribution is -2.18. The van der Waals surface area contributed by atoms with Crippen molar-refractivity contribution in [2.75, 3.05) is 13.2 Å². The van der Waals surface area contributed by atoms with Gasteiger partial charge in [0, 0.05) is 22.9 Å². The van der Waals surface area contributed by atoms with Gasteiger partial charge in [0.15, 0.2) is 0 Å². The summed E-state index contributed by atoms with van der Waals surface area (Å²) in [6.07, 6.45) is 0. The van der Waals surface area contributed by atoms with Gasteiger partial charge in [-0.15, -0.1) is 11.3 Å².